The molecular formula is C28H29N7O5. The van der Waals surface area contributed by atoms with Crippen LogP contribution >= 0.6 is 0 Å². The van der Waals surface area contributed by atoms with E-state index >= 15 is 0 Å². The fourth-order valence-electron chi connectivity index (χ4n) is 4.00. The number of carbonyl (C=O) groups is 3. The van der Waals surface area contributed by atoms with E-state index in [0.29, 0.717) is 29.0 Å². The van der Waals surface area contributed by atoms with Gasteiger partial charge in [-0.1, -0.05) is 6.07 Å². The number of rotatable bonds is 10. The number of nitrogens with one attached hydrogen (secondary N) is 1. The number of benzene rings is 2. The van der Waals surface area contributed by atoms with Gasteiger partial charge < -0.3 is 25.5 Å². The third-order valence-corrected chi connectivity index (χ3v) is 6.05. The number of pyridine rings is 1. The van der Waals surface area contributed by atoms with E-state index in [9.17, 15) is 14.4 Å². The lowest BCUT2D eigenvalue weighted by molar-refractivity contribution is -0.136. The molecule has 0 atom stereocenters. The van der Waals surface area contributed by atoms with Gasteiger partial charge in [-0.05, 0) is 61.5 Å². The van der Waals surface area contributed by atoms with Crippen LogP contribution in [-0.4, -0.2) is 56.6 Å². The van der Waals surface area contributed by atoms with Gasteiger partial charge in [-0.3, -0.25) is 14.5 Å². The van der Waals surface area contributed by atoms with E-state index in [1.165, 1.54) is 4.90 Å². The second-order valence-electron chi connectivity index (χ2n) is 8.71. The zero-order valence-corrected chi connectivity index (χ0v) is 22.1. The zero-order valence-electron chi connectivity index (χ0n) is 22.1. The fraction of sp³-hybridized carbons (Fsp3) is 0.214. The number of ether oxygens (including phenoxy) is 1. The highest BCUT2D eigenvalue weighted by Gasteiger charge is 2.21. The Morgan fingerprint density at radius 2 is 1.85 bits per heavy atom. The molecule has 2 aromatic heterocycles. The monoisotopic (exact) mass is 543 g/mol. The van der Waals surface area contributed by atoms with Crippen LogP contribution < -0.4 is 16.0 Å². The van der Waals surface area contributed by atoms with Gasteiger partial charge in [0.05, 0.1) is 30.6 Å². The molecule has 0 unspecified atom stereocenters. The van der Waals surface area contributed by atoms with Gasteiger partial charge >= 0.3 is 12.1 Å². The van der Waals surface area contributed by atoms with Crippen LogP contribution in [0.25, 0.3) is 11.0 Å². The smallest absolute Gasteiger partial charge is 0.435 e. The number of nitrogens with two attached hydrogens (primary N) is 1. The Morgan fingerprint density at radius 3 is 2.52 bits per heavy atom. The molecule has 0 saturated carbocycles. The van der Waals surface area contributed by atoms with Crippen LogP contribution in [0.4, 0.5) is 16.3 Å². The van der Waals surface area contributed by atoms with Crippen LogP contribution in [0.3, 0.4) is 0 Å². The van der Waals surface area contributed by atoms with Crippen molar-refractivity contribution >= 4 is 46.3 Å². The molecule has 12 nitrogen and oxygen atoms in total. The summed E-state index contributed by atoms with van der Waals surface area (Å²) in [6.07, 6.45) is 0.603. The number of carboxylic acid groups (broad SMARTS) is 1. The Bertz CT molecular complexity index is 1550. The maximum Gasteiger partial charge on any atom is 0.435 e. The number of carboxylic acids is 1. The van der Waals surface area contributed by atoms with Gasteiger partial charge in [0.25, 0.3) is 5.91 Å². The van der Waals surface area contributed by atoms with Gasteiger partial charge in [0.1, 0.15) is 17.5 Å². The number of fused-ring (bicyclic) bond motifs is 1. The van der Waals surface area contributed by atoms with Gasteiger partial charge in [-0.2, -0.15) is 4.99 Å². The molecule has 2 heterocycles. The minimum atomic E-state index is -1.01. The Morgan fingerprint density at radius 1 is 1.10 bits per heavy atom. The number of nitrogens with zero attached hydrogens (tertiary/aromatic N) is 5. The van der Waals surface area contributed by atoms with E-state index in [2.05, 4.69) is 15.3 Å². The fourth-order valence-corrected chi connectivity index (χ4v) is 4.00. The lowest BCUT2D eigenvalue weighted by atomic mass is 10.1. The number of aromatic nitrogens is 3. The van der Waals surface area contributed by atoms with Crippen molar-refractivity contribution in [2.24, 2.45) is 17.8 Å². The molecule has 2 aromatic carbocycles. The summed E-state index contributed by atoms with van der Waals surface area (Å²) < 4.78 is 6.71. The summed E-state index contributed by atoms with van der Waals surface area (Å²) >= 11 is 0. The Kier molecular flexibility index (Phi) is 8.69. The highest BCUT2D eigenvalue weighted by Crippen LogP contribution is 2.21. The molecule has 2 amide bonds. The minimum Gasteiger partial charge on any atom is -0.481 e. The van der Waals surface area contributed by atoms with E-state index in [1.54, 1.807) is 55.6 Å². The van der Waals surface area contributed by atoms with Crippen LogP contribution in [-0.2, 0) is 23.1 Å². The third kappa shape index (κ3) is 6.59. The van der Waals surface area contributed by atoms with Gasteiger partial charge in [0, 0.05) is 36.6 Å². The number of carbonyl (C=O) groups excluding carboxylic acids is 2. The molecule has 0 bridgehead atoms. The summed E-state index contributed by atoms with van der Waals surface area (Å²) in [5, 5.41) is 12.5. The summed E-state index contributed by atoms with van der Waals surface area (Å²) in [6.45, 7) is 2.29. The van der Waals surface area contributed by atoms with Crippen molar-refractivity contribution in [1.29, 1.82) is 0 Å². The number of hydrogen-bond acceptors (Lipinski definition) is 7. The van der Waals surface area contributed by atoms with Crippen LogP contribution in [0.2, 0.25) is 0 Å². The molecule has 12 heteroatoms. The van der Waals surface area contributed by atoms with Crippen LogP contribution in [0.1, 0.15) is 35.1 Å². The Labute approximate surface area is 230 Å². The van der Waals surface area contributed by atoms with E-state index in [1.807, 2.05) is 29.8 Å². The molecule has 0 aliphatic carbocycles. The molecule has 0 aliphatic heterocycles. The molecule has 0 aliphatic rings. The van der Waals surface area contributed by atoms with Gasteiger partial charge in [-0.15, -0.1) is 0 Å². The maximum absolute atomic E-state index is 13.4. The summed E-state index contributed by atoms with van der Waals surface area (Å²) in [6, 6.07) is 17.4. The number of anilines is 2. The first kappa shape index (κ1) is 27.8. The largest absolute Gasteiger partial charge is 0.481 e. The molecule has 4 rings (SSSR count). The number of aliphatic carboxylic acids is 1. The van der Waals surface area contributed by atoms with E-state index in [4.69, 9.17) is 20.6 Å². The molecule has 0 saturated heterocycles. The average Bonchev–Trinajstić information content (AvgIpc) is 3.27. The SMILES string of the molecule is CCOC(=O)/N=C(/N)c1ccc(NCc2nc3cc(C(=O)N(CCC(=O)O)c4ccccn4)ccc3n2C)cc1. The minimum absolute atomic E-state index is 0.0142. The van der Waals surface area contributed by atoms with Crippen molar-refractivity contribution in [2.75, 3.05) is 23.4 Å². The van der Waals surface area contributed by atoms with Gasteiger partial charge in [0.15, 0.2) is 0 Å². The first-order valence-corrected chi connectivity index (χ1v) is 12.5. The van der Waals surface area contributed by atoms with Crippen molar-refractivity contribution in [3.05, 3.63) is 83.8 Å². The highest BCUT2D eigenvalue weighted by atomic mass is 16.5. The molecule has 0 spiro atoms. The summed E-state index contributed by atoms with van der Waals surface area (Å²) in [5.41, 5.74) is 9.10. The van der Waals surface area contributed by atoms with E-state index in [-0.39, 0.29) is 31.3 Å². The topological polar surface area (TPSA) is 165 Å². The lowest BCUT2D eigenvalue weighted by Crippen LogP contribution is -2.33. The number of amidine groups is 1. The molecule has 206 valence electrons. The molecular weight excluding hydrogens is 514 g/mol. The van der Waals surface area contributed by atoms with E-state index < -0.39 is 12.1 Å². The Balaban J connectivity index is 1.49. The van der Waals surface area contributed by atoms with Crippen molar-refractivity contribution in [1.82, 2.24) is 14.5 Å². The van der Waals surface area contributed by atoms with Crippen molar-refractivity contribution in [3.8, 4) is 0 Å². The average molecular weight is 544 g/mol. The molecule has 40 heavy (non-hydrogen) atoms. The molecule has 0 fully saturated rings. The van der Waals surface area contributed by atoms with Crippen molar-refractivity contribution in [2.45, 2.75) is 19.9 Å². The standard InChI is InChI=1S/C28H29N7O5/c1-3-40-28(39)33-26(29)18-7-10-20(11-8-18)31-17-24-32-21-16-19(9-12-22(21)34(24)2)27(38)35(15-13-25(36)37)23-6-4-5-14-30-23/h4-12,14,16,31H,3,13,15,17H2,1-2H3,(H,36,37)(H2,29,33,39). The Hall–Kier alpha value is -5.26. The highest BCUT2D eigenvalue weighted by molar-refractivity contribution is 6.07. The number of hydrogen-bond donors (Lipinski definition) is 3. The normalized spacial score (nSPS) is 11.3. The number of amides is 2. The zero-order chi connectivity index (χ0) is 28.6. The lowest BCUT2D eigenvalue weighted by Gasteiger charge is -2.21. The predicted molar refractivity (Wildman–Crippen MR) is 150 cm³/mol. The predicted octanol–water partition coefficient (Wildman–Crippen LogP) is 3.56. The van der Waals surface area contributed by atoms with Crippen molar-refractivity contribution in [3.63, 3.8) is 0 Å². The quantitative estimate of drug-likeness (QED) is 0.200. The first-order valence-electron chi connectivity index (χ1n) is 12.5. The number of aryl methyl sites for hydroxylation is 1. The first-order chi connectivity index (χ1) is 19.3. The third-order valence-electron chi connectivity index (χ3n) is 6.05. The van der Waals surface area contributed by atoms with Crippen LogP contribution in [0, 0.1) is 0 Å². The molecule has 4 aromatic rings. The van der Waals surface area contributed by atoms with E-state index in [0.717, 1.165) is 17.0 Å². The second-order valence-corrected chi connectivity index (χ2v) is 8.71. The molecule has 4 N–H and O–H groups in total. The van der Waals surface area contributed by atoms with Crippen LogP contribution in [0.5, 0.6) is 0 Å². The number of imidazole rings is 1. The summed E-state index contributed by atoms with van der Waals surface area (Å²) in [7, 11) is 1.89. The second kappa shape index (κ2) is 12.5. The van der Waals surface area contributed by atoms with Gasteiger partial charge in [0.2, 0.25) is 0 Å². The summed E-state index contributed by atoms with van der Waals surface area (Å²) in [5.74, 6) is -0.193. The summed E-state index contributed by atoms with van der Waals surface area (Å²) in [4.78, 5) is 50.0. The maximum atomic E-state index is 13.4. The number of aliphatic imine (C=N–C) groups is 1. The van der Waals surface area contributed by atoms with Crippen LogP contribution in [0.15, 0.2) is 71.9 Å². The van der Waals surface area contributed by atoms with Crippen molar-refractivity contribution < 1.29 is 24.2 Å². The van der Waals surface area contributed by atoms with Gasteiger partial charge in [-0.25, -0.2) is 14.8 Å². The molecule has 0 radical (unpaired) electrons.